The Bertz CT molecular complexity index is 703. The molecule has 2 aromatic carbocycles. The molecule has 1 atom stereocenters. The molecule has 0 saturated heterocycles. The van der Waals surface area contributed by atoms with Gasteiger partial charge in [0.25, 0.3) is 0 Å². The fraction of sp³-hybridized carbons (Fsp3) is 0.0714. The van der Waals surface area contributed by atoms with Gasteiger partial charge in [-0.15, -0.1) is 0 Å². The summed E-state index contributed by atoms with van der Waals surface area (Å²) >= 11 is 0. The Morgan fingerprint density at radius 1 is 1.17 bits per heavy atom. The lowest BCUT2D eigenvalue weighted by atomic mass is 9.92. The third-order valence-electron chi connectivity index (χ3n) is 3.07. The number of aliphatic imine (C=N–C) groups is 1. The number of benzene rings is 2. The van der Waals surface area contributed by atoms with E-state index in [-0.39, 0.29) is 0 Å². The number of rotatable bonds is 1. The molecule has 0 unspecified atom stereocenters. The maximum atomic E-state index is 12.0. The van der Waals surface area contributed by atoms with Gasteiger partial charge in [0, 0.05) is 17.2 Å². The van der Waals surface area contributed by atoms with Gasteiger partial charge < -0.3 is 5.11 Å². The average Bonchev–Trinajstić information content (AvgIpc) is 2.38. The van der Waals surface area contributed by atoms with Crippen molar-refractivity contribution in [1.29, 1.82) is 0 Å². The minimum absolute atomic E-state index is 0.378. The molecule has 0 aliphatic carbocycles. The molecule has 0 bridgehead atoms. The molecule has 18 heavy (non-hydrogen) atoms. The van der Waals surface area contributed by atoms with Crippen LogP contribution < -0.4 is 0 Å². The van der Waals surface area contributed by atoms with Gasteiger partial charge >= 0.3 is 5.97 Å². The molecule has 88 valence electrons. The van der Waals surface area contributed by atoms with Crippen LogP contribution in [-0.4, -0.2) is 23.1 Å². The van der Waals surface area contributed by atoms with Gasteiger partial charge in [-0.25, -0.2) is 0 Å². The Morgan fingerprint density at radius 2 is 1.94 bits per heavy atom. The first-order valence-electron chi connectivity index (χ1n) is 5.51. The van der Waals surface area contributed by atoms with Crippen LogP contribution in [0, 0.1) is 5.92 Å². The number of nitrogens with zero attached hydrogens (tertiary/aromatic N) is 1. The quantitative estimate of drug-likeness (QED) is 0.777. The number of aliphatic carboxylic acids is 1. The minimum Gasteiger partial charge on any atom is -0.480 e. The molecule has 0 aromatic heterocycles. The Balaban J connectivity index is 2.27. The van der Waals surface area contributed by atoms with E-state index >= 15 is 0 Å². The molecule has 0 radical (unpaired) electrons. The Labute approximate surface area is 103 Å². The van der Waals surface area contributed by atoms with Crippen LogP contribution in [0.25, 0.3) is 10.8 Å². The molecule has 1 heterocycles. The van der Waals surface area contributed by atoms with Crippen molar-refractivity contribution in [3.8, 4) is 0 Å². The maximum absolute atomic E-state index is 12.0. The van der Waals surface area contributed by atoms with E-state index in [1.807, 2.05) is 30.3 Å². The molecule has 1 aliphatic rings. The summed E-state index contributed by atoms with van der Waals surface area (Å²) in [6.07, 6.45) is 1.21. The fourth-order valence-corrected chi connectivity index (χ4v) is 2.15. The van der Waals surface area contributed by atoms with E-state index in [1.165, 1.54) is 6.21 Å². The Kier molecular flexibility index (Phi) is 2.23. The summed E-state index contributed by atoms with van der Waals surface area (Å²) in [5, 5.41) is 10.8. The van der Waals surface area contributed by atoms with Crippen LogP contribution in [0.1, 0.15) is 10.4 Å². The van der Waals surface area contributed by atoms with E-state index in [0.717, 1.165) is 10.8 Å². The summed E-state index contributed by atoms with van der Waals surface area (Å²) in [5.41, 5.74) is 0.944. The lowest BCUT2D eigenvalue weighted by Gasteiger charge is -2.15. The number of fused-ring (bicyclic) bond motifs is 3. The number of ketones is 1. The average molecular weight is 239 g/mol. The highest BCUT2D eigenvalue weighted by molar-refractivity contribution is 6.24. The van der Waals surface area contributed by atoms with E-state index in [1.54, 1.807) is 6.07 Å². The van der Waals surface area contributed by atoms with Crippen molar-refractivity contribution in [2.24, 2.45) is 10.9 Å². The summed E-state index contributed by atoms with van der Waals surface area (Å²) in [6.45, 7) is 0. The first-order chi connectivity index (χ1) is 8.68. The van der Waals surface area contributed by atoms with E-state index in [2.05, 4.69) is 4.99 Å². The number of carboxylic acid groups (broad SMARTS) is 1. The lowest BCUT2D eigenvalue weighted by molar-refractivity contribution is -0.137. The van der Waals surface area contributed by atoms with Crippen LogP contribution in [0.4, 0.5) is 5.69 Å². The topological polar surface area (TPSA) is 66.7 Å². The standard InChI is InChI=1S/C14H9NO3/c16-13-10-6-5-8-3-1-2-4-9(8)12(10)15-7-11(13)14(17)18/h1-7,11H,(H,17,18)/t11-/m0/s1. The van der Waals surface area contributed by atoms with Gasteiger partial charge in [0.15, 0.2) is 11.7 Å². The van der Waals surface area contributed by atoms with Crippen molar-refractivity contribution in [1.82, 2.24) is 0 Å². The summed E-state index contributed by atoms with van der Waals surface area (Å²) in [6, 6.07) is 11.0. The van der Waals surface area contributed by atoms with Gasteiger partial charge in [0.05, 0.1) is 5.69 Å². The first kappa shape index (κ1) is 10.7. The van der Waals surface area contributed by atoms with Crippen molar-refractivity contribution in [3.05, 3.63) is 42.0 Å². The highest BCUT2D eigenvalue weighted by atomic mass is 16.4. The van der Waals surface area contributed by atoms with Crippen LogP contribution in [0.15, 0.2) is 41.4 Å². The molecule has 4 nitrogen and oxygen atoms in total. The van der Waals surface area contributed by atoms with Crippen LogP contribution in [-0.2, 0) is 4.79 Å². The zero-order chi connectivity index (χ0) is 12.7. The van der Waals surface area contributed by atoms with E-state index in [0.29, 0.717) is 11.3 Å². The molecular formula is C14H9NO3. The smallest absolute Gasteiger partial charge is 0.319 e. The second kappa shape index (κ2) is 3.77. The molecule has 3 rings (SSSR count). The summed E-state index contributed by atoms with van der Waals surface area (Å²) in [7, 11) is 0. The van der Waals surface area contributed by atoms with Crippen LogP contribution >= 0.6 is 0 Å². The Morgan fingerprint density at radius 3 is 2.72 bits per heavy atom. The molecular weight excluding hydrogens is 230 g/mol. The molecule has 0 spiro atoms. The molecule has 2 aromatic rings. The fourth-order valence-electron chi connectivity index (χ4n) is 2.15. The molecule has 1 N–H and O–H groups in total. The summed E-state index contributed by atoms with van der Waals surface area (Å²) in [4.78, 5) is 27.1. The molecule has 0 amide bonds. The number of hydrogen-bond acceptors (Lipinski definition) is 3. The first-order valence-corrected chi connectivity index (χ1v) is 5.51. The van der Waals surface area contributed by atoms with Crippen molar-refractivity contribution < 1.29 is 14.7 Å². The van der Waals surface area contributed by atoms with Crippen molar-refractivity contribution in [2.45, 2.75) is 0 Å². The normalized spacial score (nSPS) is 17.8. The molecule has 0 saturated carbocycles. The van der Waals surface area contributed by atoms with Gasteiger partial charge in [0.1, 0.15) is 0 Å². The predicted octanol–water partition coefficient (Wildman–Crippen LogP) is 2.44. The van der Waals surface area contributed by atoms with Crippen molar-refractivity contribution >= 4 is 34.4 Å². The number of Topliss-reactive ketones (excluding diaryl/α,β-unsaturated/α-hetero) is 1. The number of carboxylic acids is 1. The summed E-state index contributed by atoms with van der Waals surface area (Å²) in [5.74, 6) is -2.74. The molecule has 0 fully saturated rings. The third-order valence-corrected chi connectivity index (χ3v) is 3.07. The van der Waals surface area contributed by atoms with Gasteiger partial charge in [-0.1, -0.05) is 30.3 Å². The third kappa shape index (κ3) is 1.43. The molecule has 1 aliphatic heterocycles. The lowest BCUT2D eigenvalue weighted by Crippen LogP contribution is -2.27. The maximum Gasteiger partial charge on any atom is 0.319 e. The van der Waals surface area contributed by atoms with E-state index < -0.39 is 17.7 Å². The zero-order valence-electron chi connectivity index (χ0n) is 9.33. The number of carbonyl (C=O) groups is 2. The van der Waals surface area contributed by atoms with Crippen molar-refractivity contribution in [3.63, 3.8) is 0 Å². The SMILES string of the molecule is O=C(O)[C@H]1C=Nc2c(ccc3ccccc23)C1=O. The minimum atomic E-state index is -1.17. The second-order valence-electron chi connectivity index (χ2n) is 4.14. The van der Waals surface area contributed by atoms with Gasteiger partial charge in [-0.05, 0) is 11.5 Å². The number of carbonyl (C=O) groups excluding carboxylic acids is 1. The largest absolute Gasteiger partial charge is 0.480 e. The van der Waals surface area contributed by atoms with E-state index in [9.17, 15) is 9.59 Å². The molecule has 4 heteroatoms. The van der Waals surface area contributed by atoms with E-state index in [4.69, 9.17) is 5.11 Å². The highest BCUT2D eigenvalue weighted by Gasteiger charge is 2.30. The monoisotopic (exact) mass is 239 g/mol. The van der Waals surface area contributed by atoms with Gasteiger partial charge in [0.2, 0.25) is 0 Å². The highest BCUT2D eigenvalue weighted by Crippen LogP contribution is 2.34. The number of hydrogen-bond donors (Lipinski definition) is 1. The van der Waals surface area contributed by atoms with Crippen LogP contribution in [0.5, 0.6) is 0 Å². The van der Waals surface area contributed by atoms with Gasteiger partial charge in [-0.3, -0.25) is 14.6 Å². The second-order valence-corrected chi connectivity index (χ2v) is 4.14. The van der Waals surface area contributed by atoms with Gasteiger partial charge in [-0.2, -0.15) is 0 Å². The zero-order valence-corrected chi connectivity index (χ0v) is 9.33. The summed E-state index contributed by atoms with van der Waals surface area (Å²) < 4.78 is 0. The predicted molar refractivity (Wildman–Crippen MR) is 67.6 cm³/mol. The Hall–Kier alpha value is -2.49. The van der Waals surface area contributed by atoms with Crippen LogP contribution in [0.3, 0.4) is 0 Å². The van der Waals surface area contributed by atoms with Crippen molar-refractivity contribution in [2.75, 3.05) is 0 Å². The van der Waals surface area contributed by atoms with Crippen LogP contribution in [0.2, 0.25) is 0 Å².